The highest BCUT2D eigenvalue weighted by molar-refractivity contribution is 7.98. The molecule has 0 amide bonds. The van der Waals surface area contributed by atoms with Gasteiger partial charge in [0.15, 0.2) is 0 Å². The van der Waals surface area contributed by atoms with E-state index in [1.54, 1.807) is 38.8 Å². The van der Waals surface area contributed by atoms with E-state index in [9.17, 15) is 4.39 Å². The van der Waals surface area contributed by atoms with Crippen LogP contribution in [0.1, 0.15) is 0 Å². The molecule has 1 unspecified atom stereocenters. The van der Waals surface area contributed by atoms with Crippen LogP contribution in [-0.4, -0.2) is 57.8 Å². The highest BCUT2D eigenvalue weighted by Crippen LogP contribution is 2.08. The van der Waals surface area contributed by atoms with Gasteiger partial charge in [-0.1, -0.05) is 5.46 Å². The molecular weight excluding hydrogens is 300 g/mol. The first kappa shape index (κ1) is 17.0. The second-order valence-electron chi connectivity index (χ2n) is 4.95. The molecule has 0 bridgehead atoms. The van der Waals surface area contributed by atoms with E-state index in [1.165, 1.54) is 6.07 Å². The van der Waals surface area contributed by atoms with Gasteiger partial charge in [0.2, 0.25) is 0 Å². The van der Waals surface area contributed by atoms with Gasteiger partial charge in [0, 0.05) is 25.0 Å². The molecule has 1 aromatic carbocycles. The number of rotatable bonds is 6. The molecule has 0 fully saturated rings. The number of hydrogen-bond donors (Lipinski definition) is 3. The average molecular weight is 321 g/mol. The van der Waals surface area contributed by atoms with Crippen molar-refractivity contribution in [2.75, 3.05) is 37.6 Å². The fraction of sp³-hybridized carbons (Fsp3) is 0.429. The smallest absolute Gasteiger partial charge is 0.149 e. The quantitative estimate of drug-likeness (QED) is 0.294. The van der Waals surface area contributed by atoms with Crippen LogP contribution in [0.5, 0.6) is 0 Å². The van der Waals surface area contributed by atoms with Gasteiger partial charge in [-0.3, -0.25) is 20.6 Å². The van der Waals surface area contributed by atoms with Crippen molar-refractivity contribution >= 4 is 42.3 Å². The zero-order valence-corrected chi connectivity index (χ0v) is 13.9. The first-order chi connectivity index (χ1) is 10.7. The van der Waals surface area contributed by atoms with E-state index < -0.39 is 0 Å². The van der Waals surface area contributed by atoms with E-state index >= 15 is 0 Å². The Balaban J connectivity index is 2.05. The van der Waals surface area contributed by atoms with Crippen molar-refractivity contribution in [2.45, 2.75) is 6.17 Å². The number of benzene rings is 1. The third-order valence-corrected chi connectivity index (χ3v) is 3.97. The molecule has 5 nitrogen and oxygen atoms in total. The minimum absolute atomic E-state index is 0.0140. The van der Waals surface area contributed by atoms with Gasteiger partial charge in [-0.25, -0.2) is 4.39 Å². The van der Waals surface area contributed by atoms with E-state index in [1.807, 2.05) is 0 Å². The van der Waals surface area contributed by atoms with E-state index in [0.717, 1.165) is 23.7 Å². The van der Waals surface area contributed by atoms with Crippen molar-refractivity contribution in [3.63, 3.8) is 0 Å². The Hall–Kier alpha value is -1.38. The number of nitrogens with one attached hydrogen (secondary N) is 3. The van der Waals surface area contributed by atoms with Crippen molar-refractivity contribution in [1.29, 1.82) is 0 Å². The molecule has 118 valence electrons. The Morgan fingerprint density at radius 3 is 3.09 bits per heavy atom. The van der Waals surface area contributed by atoms with Crippen molar-refractivity contribution in [1.82, 2.24) is 10.6 Å². The highest BCUT2D eigenvalue weighted by atomic mass is 32.2. The maximum atomic E-state index is 13.4. The van der Waals surface area contributed by atoms with Gasteiger partial charge in [0.05, 0.1) is 6.67 Å². The predicted octanol–water partition coefficient (Wildman–Crippen LogP) is -0.195. The largest absolute Gasteiger partial charge is 0.339 e. The summed E-state index contributed by atoms with van der Waals surface area (Å²) >= 11 is 1.79. The number of hydrogen-bond acceptors (Lipinski definition) is 5. The second-order valence-corrected chi connectivity index (χ2v) is 5.93. The zero-order valence-electron chi connectivity index (χ0n) is 13.1. The lowest BCUT2D eigenvalue weighted by Crippen LogP contribution is -2.48. The Bertz CT molecular complexity index is 578. The fourth-order valence-corrected chi connectivity index (χ4v) is 2.51. The maximum Gasteiger partial charge on any atom is 0.149 e. The third kappa shape index (κ3) is 4.31. The molecule has 1 aliphatic rings. The van der Waals surface area contributed by atoms with Gasteiger partial charge in [-0.2, -0.15) is 11.8 Å². The van der Waals surface area contributed by atoms with Crippen LogP contribution in [0.4, 0.5) is 10.1 Å². The van der Waals surface area contributed by atoms with Crippen LogP contribution >= 0.6 is 11.8 Å². The molecule has 1 atom stereocenters. The number of thioether (sulfide) groups is 1. The van der Waals surface area contributed by atoms with Gasteiger partial charge < -0.3 is 5.32 Å². The number of anilines is 1. The van der Waals surface area contributed by atoms with Crippen molar-refractivity contribution < 1.29 is 4.39 Å². The van der Waals surface area contributed by atoms with Gasteiger partial charge in [0.25, 0.3) is 0 Å². The summed E-state index contributed by atoms with van der Waals surface area (Å²) in [5.41, 5.74) is 2.25. The number of nitrogens with zero attached hydrogens (tertiary/aromatic N) is 2. The topological polar surface area (TPSA) is 60.8 Å². The molecule has 0 saturated carbocycles. The lowest BCUT2D eigenvalue weighted by atomic mass is 9.95. The second kappa shape index (κ2) is 8.31. The number of aliphatic imine (C=N–C) groups is 2. The Morgan fingerprint density at radius 2 is 2.41 bits per heavy atom. The zero-order chi connectivity index (χ0) is 15.9. The van der Waals surface area contributed by atoms with Crippen LogP contribution in [0, 0.1) is 5.82 Å². The average Bonchev–Trinajstić information content (AvgIpc) is 2.97. The van der Waals surface area contributed by atoms with Crippen molar-refractivity contribution in [3.8, 4) is 0 Å². The Morgan fingerprint density at radius 1 is 1.59 bits per heavy atom. The first-order valence-corrected chi connectivity index (χ1v) is 8.55. The lowest BCUT2D eigenvalue weighted by Gasteiger charge is -2.18. The van der Waals surface area contributed by atoms with Crippen LogP contribution in [-0.2, 0) is 0 Å². The SMILES string of the molecule is Bc1cc(N/C(=N\C)C2=NCNC2NCCSC)ccc1F. The Labute approximate surface area is 135 Å². The summed E-state index contributed by atoms with van der Waals surface area (Å²) in [6, 6.07) is 4.92. The van der Waals surface area contributed by atoms with Gasteiger partial charge in [-0.05, 0) is 24.5 Å². The molecule has 0 saturated heterocycles. The van der Waals surface area contributed by atoms with E-state index in [2.05, 4.69) is 32.2 Å². The monoisotopic (exact) mass is 321 g/mol. The molecule has 0 spiro atoms. The van der Waals surface area contributed by atoms with E-state index in [-0.39, 0.29) is 12.0 Å². The Kier molecular flexibility index (Phi) is 6.41. The fourth-order valence-electron chi connectivity index (χ4n) is 2.19. The van der Waals surface area contributed by atoms with Crippen LogP contribution in [0.3, 0.4) is 0 Å². The van der Waals surface area contributed by atoms with Crippen LogP contribution < -0.4 is 21.4 Å². The van der Waals surface area contributed by atoms with Crippen molar-refractivity contribution in [2.24, 2.45) is 9.98 Å². The molecule has 22 heavy (non-hydrogen) atoms. The minimum atomic E-state index is -0.211. The summed E-state index contributed by atoms with van der Waals surface area (Å²) in [4.78, 5) is 8.76. The first-order valence-electron chi connectivity index (χ1n) is 7.16. The molecule has 1 heterocycles. The van der Waals surface area contributed by atoms with Crippen LogP contribution in [0.2, 0.25) is 0 Å². The predicted molar refractivity (Wildman–Crippen MR) is 97.2 cm³/mol. The molecule has 2 rings (SSSR count). The number of halogens is 1. The standard InChI is InChI=1S/C14H21BFN5S/c1-17-13(21-9-3-4-11(16)10(15)7-9)12-14(20-8-19-12)18-5-6-22-2/h3-4,7,14,18,20H,5-6,8,15H2,1-2H3,(H,17,21). The highest BCUT2D eigenvalue weighted by Gasteiger charge is 2.24. The molecule has 0 aromatic heterocycles. The normalized spacial score (nSPS) is 18.4. The van der Waals surface area contributed by atoms with Gasteiger partial charge in [-0.15, -0.1) is 0 Å². The summed E-state index contributed by atoms with van der Waals surface area (Å²) in [6.45, 7) is 1.46. The summed E-state index contributed by atoms with van der Waals surface area (Å²) in [5.74, 6) is 1.52. The third-order valence-electron chi connectivity index (χ3n) is 3.36. The van der Waals surface area contributed by atoms with Gasteiger partial charge in [0.1, 0.15) is 31.4 Å². The molecule has 3 N–H and O–H groups in total. The summed E-state index contributed by atoms with van der Waals surface area (Å²) in [5, 5.41) is 9.92. The van der Waals surface area contributed by atoms with E-state index in [4.69, 9.17) is 0 Å². The minimum Gasteiger partial charge on any atom is -0.339 e. The molecule has 0 radical (unpaired) electrons. The van der Waals surface area contributed by atoms with Crippen LogP contribution in [0.15, 0.2) is 28.2 Å². The molecule has 1 aromatic rings. The number of amidine groups is 1. The maximum absolute atomic E-state index is 13.4. The van der Waals surface area contributed by atoms with E-state index in [0.29, 0.717) is 18.0 Å². The molecule has 1 aliphatic heterocycles. The lowest BCUT2D eigenvalue weighted by molar-refractivity contribution is 0.574. The summed E-state index contributed by atoms with van der Waals surface area (Å²) in [7, 11) is 3.46. The molecule has 0 aliphatic carbocycles. The van der Waals surface area contributed by atoms with Crippen molar-refractivity contribution in [3.05, 3.63) is 24.0 Å². The summed E-state index contributed by atoms with van der Waals surface area (Å²) < 4.78 is 13.4. The molecule has 8 heteroatoms. The van der Waals surface area contributed by atoms with Crippen LogP contribution in [0.25, 0.3) is 0 Å². The van der Waals surface area contributed by atoms with Gasteiger partial charge >= 0.3 is 0 Å². The summed E-state index contributed by atoms with van der Waals surface area (Å²) in [6.07, 6.45) is 2.07. The molecular formula is C14H21BFN5S.